The van der Waals surface area contributed by atoms with Gasteiger partial charge in [0.1, 0.15) is 18.0 Å². The number of anilines is 2. The van der Waals surface area contributed by atoms with Gasteiger partial charge in [-0.15, -0.1) is 0 Å². The summed E-state index contributed by atoms with van der Waals surface area (Å²) in [6, 6.07) is 8.99. The van der Waals surface area contributed by atoms with Gasteiger partial charge in [0.25, 0.3) is 5.56 Å². The van der Waals surface area contributed by atoms with Crippen molar-refractivity contribution in [2.24, 2.45) is 0 Å². The standard InChI is InChI=1S/C19H19N9O/c29-17-5-4-16(25-28(17)12-14-3-1-2-6-20-14)26-7-9-27(10-8-26)19-15-11-23-24-18(15)21-13-22-19/h1-6,11,13H,7-10,12H2,(H,21,22,23,24). The zero-order valence-corrected chi connectivity index (χ0v) is 15.6. The van der Waals surface area contributed by atoms with Gasteiger partial charge in [0, 0.05) is 38.4 Å². The van der Waals surface area contributed by atoms with Crippen LogP contribution in [0.5, 0.6) is 0 Å². The van der Waals surface area contributed by atoms with Crippen molar-refractivity contribution < 1.29 is 0 Å². The minimum absolute atomic E-state index is 0.138. The minimum Gasteiger partial charge on any atom is -0.352 e. The van der Waals surface area contributed by atoms with Crippen LogP contribution < -0.4 is 15.4 Å². The molecule has 0 amide bonds. The summed E-state index contributed by atoms with van der Waals surface area (Å²) in [7, 11) is 0. The van der Waals surface area contributed by atoms with Gasteiger partial charge in [-0.2, -0.15) is 10.2 Å². The van der Waals surface area contributed by atoms with Crippen molar-refractivity contribution in [3.63, 3.8) is 0 Å². The van der Waals surface area contributed by atoms with Crippen molar-refractivity contribution in [1.82, 2.24) is 34.9 Å². The Hall–Kier alpha value is -3.82. The molecule has 1 saturated heterocycles. The first-order valence-electron chi connectivity index (χ1n) is 9.40. The van der Waals surface area contributed by atoms with Crippen LogP contribution in [-0.4, -0.2) is 61.1 Å². The third kappa shape index (κ3) is 3.40. The van der Waals surface area contributed by atoms with E-state index in [1.807, 2.05) is 18.2 Å². The van der Waals surface area contributed by atoms with Crippen molar-refractivity contribution in [2.75, 3.05) is 36.0 Å². The second-order valence-corrected chi connectivity index (χ2v) is 6.81. The number of hydrogen-bond acceptors (Lipinski definition) is 8. The number of nitrogens with one attached hydrogen (secondary N) is 1. The van der Waals surface area contributed by atoms with E-state index in [1.54, 1.807) is 30.9 Å². The fraction of sp³-hybridized carbons (Fsp3) is 0.263. The molecule has 10 heteroatoms. The SMILES string of the molecule is O=c1ccc(N2CCN(c3ncnc4[nH]ncc34)CC2)nn1Cc1ccccn1. The highest BCUT2D eigenvalue weighted by atomic mass is 16.1. The summed E-state index contributed by atoms with van der Waals surface area (Å²) in [4.78, 5) is 29.5. The molecule has 146 valence electrons. The van der Waals surface area contributed by atoms with Crippen LogP contribution in [0.4, 0.5) is 11.6 Å². The van der Waals surface area contributed by atoms with E-state index in [2.05, 4.69) is 40.0 Å². The molecular formula is C19H19N9O. The van der Waals surface area contributed by atoms with Gasteiger partial charge in [-0.1, -0.05) is 6.07 Å². The van der Waals surface area contributed by atoms with Gasteiger partial charge in [0.05, 0.1) is 23.8 Å². The smallest absolute Gasteiger partial charge is 0.267 e. The predicted octanol–water partition coefficient (Wildman–Crippen LogP) is 0.679. The summed E-state index contributed by atoms with van der Waals surface area (Å²) < 4.78 is 1.46. The minimum atomic E-state index is -0.138. The molecule has 10 nitrogen and oxygen atoms in total. The summed E-state index contributed by atoms with van der Waals surface area (Å²) >= 11 is 0. The maximum atomic E-state index is 12.2. The van der Waals surface area contributed by atoms with Crippen LogP contribution in [0.25, 0.3) is 11.0 Å². The monoisotopic (exact) mass is 389 g/mol. The van der Waals surface area contributed by atoms with Crippen LogP contribution in [0.1, 0.15) is 5.69 Å². The molecule has 0 spiro atoms. The molecule has 29 heavy (non-hydrogen) atoms. The number of fused-ring (bicyclic) bond motifs is 1. The first kappa shape index (κ1) is 17.3. The average molecular weight is 389 g/mol. The Bertz CT molecular complexity index is 1180. The molecule has 0 aliphatic carbocycles. The molecule has 1 aliphatic rings. The van der Waals surface area contributed by atoms with Gasteiger partial charge in [0.15, 0.2) is 5.65 Å². The lowest BCUT2D eigenvalue weighted by atomic mass is 10.2. The maximum Gasteiger partial charge on any atom is 0.267 e. The number of rotatable bonds is 4. The largest absolute Gasteiger partial charge is 0.352 e. The lowest BCUT2D eigenvalue weighted by Gasteiger charge is -2.36. The normalized spacial score (nSPS) is 14.5. The predicted molar refractivity (Wildman–Crippen MR) is 108 cm³/mol. The van der Waals surface area contributed by atoms with E-state index < -0.39 is 0 Å². The molecule has 1 N–H and O–H groups in total. The lowest BCUT2D eigenvalue weighted by molar-refractivity contribution is 0.595. The molecule has 1 aliphatic heterocycles. The number of hydrogen-bond donors (Lipinski definition) is 1. The van der Waals surface area contributed by atoms with Crippen LogP contribution >= 0.6 is 0 Å². The number of H-pyrrole nitrogens is 1. The Kier molecular flexibility index (Phi) is 4.35. The van der Waals surface area contributed by atoms with Crippen molar-refractivity contribution in [1.29, 1.82) is 0 Å². The summed E-state index contributed by atoms with van der Waals surface area (Å²) in [6.45, 7) is 3.49. The Balaban J connectivity index is 1.32. The molecule has 0 atom stereocenters. The van der Waals surface area contributed by atoms with E-state index in [-0.39, 0.29) is 5.56 Å². The zero-order valence-electron chi connectivity index (χ0n) is 15.6. The van der Waals surface area contributed by atoms with Crippen molar-refractivity contribution >= 4 is 22.7 Å². The van der Waals surface area contributed by atoms with E-state index in [9.17, 15) is 4.79 Å². The molecular weight excluding hydrogens is 370 g/mol. The van der Waals surface area contributed by atoms with Crippen LogP contribution in [0, 0.1) is 0 Å². The van der Waals surface area contributed by atoms with Gasteiger partial charge >= 0.3 is 0 Å². The van der Waals surface area contributed by atoms with Gasteiger partial charge < -0.3 is 9.80 Å². The average Bonchev–Trinajstić information content (AvgIpc) is 3.25. The summed E-state index contributed by atoms with van der Waals surface area (Å²) in [6.07, 6.45) is 5.02. The van der Waals surface area contributed by atoms with Crippen LogP contribution in [-0.2, 0) is 6.54 Å². The van der Waals surface area contributed by atoms with Gasteiger partial charge in [-0.05, 0) is 18.2 Å². The third-order valence-corrected chi connectivity index (χ3v) is 5.02. The van der Waals surface area contributed by atoms with Crippen molar-refractivity contribution in [3.8, 4) is 0 Å². The maximum absolute atomic E-state index is 12.2. The molecule has 4 aromatic heterocycles. The molecule has 4 aromatic rings. The number of piperazine rings is 1. The first-order chi connectivity index (χ1) is 14.3. The van der Waals surface area contributed by atoms with Gasteiger partial charge in [0.2, 0.25) is 0 Å². The van der Waals surface area contributed by atoms with Crippen molar-refractivity contribution in [2.45, 2.75) is 6.54 Å². The quantitative estimate of drug-likeness (QED) is 0.543. The molecule has 1 fully saturated rings. The first-order valence-corrected chi connectivity index (χ1v) is 9.40. The zero-order chi connectivity index (χ0) is 19.6. The highest BCUT2D eigenvalue weighted by Crippen LogP contribution is 2.23. The van der Waals surface area contributed by atoms with Gasteiger partial charge in [-0.25, -0.2) is 14.6 Å². The third-order valence-electron chi connectivity index (χ3n) is 5.02. The Morgan fingerprint density at radius 2 is 1.83 bits per heavy atom. The van der Waals surface area contributed by atoms with E-state index in [4.69, 9.17) is 0 Å². The molecule has 0 radical (unpaired) electrons. The van der Waals surface area contributed by atoms with Gasteiger partial charge in [-0.3, -0.25) is 14.9 Å². The van der Waals surface area contributed by atoms with Crippen molar-refractivity contribution in [3.05, 3.63) is 65.1 Å². The number of aromatic amines is 1. The molecule has 0 aromatic carbocycles. The molecule has 0 saturated carbocycles. The molecule has 0 bridgehead atoms. The van der Waals surface area contributed by atoms with Crippen LogP contribution in [0.2, 0.25) is 0 Å². The second-order valence-electron chi connectivity index (χ2n) is 6.81. The second kappa shape index (κ2) is 7.30. The van der Waals surface area contributed by atoms with Crippen LogP contribution in [0.15, 0.2) is 53.8 Å². The topological polar surface area (TPSA) is 109 Å². The Morgan fingerprint density at radius 3 is 2.66 bits per heavy atom. The number of pyridine rings is 1. The molecule has 0 unspecified atom stereocenters. The summed E-state index contributed by atoms with van der Waals surface area (Å²) in [5, 5.41) is 12.4. The summed E-state index contributed by atoms with van der Waals surface area (Å²) in [5.74, 6) is 1.67. The number of aromatic nitrogens is 7. The molecule has 5 heterocycles. The van der Waals surface area contributed by atoms with E-state index in [0.717, 1.165) is 54.5 Å². The Morgan fingerprint density at radius 1 is 0.966 bits per heavy atom. The van der Waals surface area contributed by atoms with E-state index in [0.29, 0.717) is 6.54 Å². The molecule has 5 rings (SSSR count). The van der Waals surface area contributed by atoms with Crippen LogP contribution in [0.3, 0.4) is 0 Å². The summed E-state index contributed by atoms with van der Waals surface area (Å²) in [5.41, 5.74) is 1.40. The Labute approximate surface area is 165 Å². The fourth-order valence-corrected chi connectivity index (χ4v) is 3.52. The van der Waals surface area contributed by atoms with E-state index in [1.165, 1.54) is 4.68 Å². The highest BCUT2D eigenvalue weighted by Gasteiger charge is 2.21. The lowest BCUT2D eigenvalue weighted by Crippen LogP contribution is -2.47. The van der Waals surface area contributed by atoms with E-state index >= 15 is 0 Å². The number of nitrogens with zero attached hydrogens (tertiary/aromatic N) is 8. The fourth-order valence-electron chi connectivity index (χ4n) is 3.52. The highest BCUT2D eigenvalue weighted by molar-refractivity contribution is 5.86.